The third-order valence-electron chi connectivity index (χ3n) is 6.68. The van der Waals surface area contributed by atoms with Gasteiger partial charge >= 0.3 is 0 Å². The Morgan fingerprint density at radius 3 is 2.44 bits per heavy atom. The van der Waals surface area contributed by atoms with Gasteiger partial charge in [0.25, 0.3) is 5.82 Å². The molecule has 142 valence electrons. The van der Waals surface area contributed by atoms with Gasteiger partial charge < -0.3 is 4.90 Å². The number of hydrogen-bond acceptors (Lipinski definition) is 2. The summed E-state index contributed by atoms with van der Waals surface area (Å²) in [5.41, 5.74) is 6.81. The maximum Gasteiger partial charge on any atom is 0.283 e. The van der Waals surface area contributed by atoms with Gasteiger partial charge in [-0.25, -0.2) is 9.47 Å². The Morgan fingerprint density at radius 2 is 1.70 bits per heavy atom. The quantitative estimate of drug-likeness (QED) is 0.717. The average Bonchev–Trinajstić information content (AvgIpc) is 3.28. The molecule has 1 aromatic heterocycles. The topological polar surface area (TPSA) is 10.4 Å². The summed E-state index contributed by atoms with van der Waals surface area (Å²) >= 11 is 0. The minimum atomic E-state index is 0.348. The summed E-state index contributed by atoms with van der Waals surface area (Å²) in [6.45, 7) is 6.73. The summed E-state index contributed by atoms with van der Waals surface area (Å²) in [4.78, 5) is 4.92. The Balaban J connectivity index is 1.80. The van der Waals surface area contributed by atoms with Crippen molar-refractivity contribution in [1.29, 1.82) is 0 Å². The first-order chi connectivity index (χ1) is 13.0. The number of benzene rings is 1. The van der Waals surface area contributed by atoms with Crippen molar-refractivity contribution >= 4 is 5.82 Å². The molecule has 1 aliphatic carbocycles. The van der Waals surface area contributed by atoms with Gasteiger partial charge in [0.1, 0.15) is 11.4 Å². The molecule has 0 radical (unpaired) electrons. The van der Waals surface area contributed by atoms with Crippen LogP contribution in [0.15, 0.2) is 48.3 Å². The van der Waals surface area contributed by atoms with Gasteiger partial charge in [-0.05, 0) is 56.9 Å². The monoisotopic (exact) mass is 362 g/mol. The molecule has 0 saturated heterocycles. The largest absolute Gasteiger partial charge is 0.339 e. The fourth-order valence-electron chi connectivity index (χ4n) is 4.74. The molecule has 2 aliphatic rings. The van der Waals surface area contributed by atoms with E-state index in [2.05, 4.69) is 91.8 Å². The summed E-state index contributed by atoms with van der Waals surface area (Å²) in [5, 5.41) is 0. The third kappa shape index (κ3) is 3.03. The normalized spacial score (nSPS) is 20.5. The van der Waals surface area contributed by atoms with Crippen LogP contribution in [0.3, 0.4) is 0 Å². The van der Waals surface area contributed by atoms with Crippen LogP contribution in [0, 0.1) is 19.8 Å². The van der Waals surface area contributed by atoms with Gasteiger partial charge in [0.2, 0.25) is 0 Å². The average molecular weight is 363 g/mol. The van der Waals surface area contributed by atoms with Gasteiger partial charge in [0.15, 0.2) is 6.17 Å². The Bertz CT molecular complexity index is 877. The van der Waals surface area contributed by atoms with E-state index < -0.39 is 0 Å². The SMILES string of the molecule is Cc1cccc(-c2cccc(N3C(C4CCCC4)=CN(C)[C@H]3C)[n+]2C)c1C. The van der Waals surface area contributed by atoms with E-state index in [9.17, 15) is 0 Å². The highest BCUT2D eigenvalue weighted by Crippen LogP contribution is 2.39. The van der Waals surface area contributed by atoms with Crippen molar-refractivity contribution in [3.05, 3.63) is 59.4 Å². The lowest BCUT2D eigenvalue weighted by molar-refractivity contribution is -0.647. The van der Waals surface area contributed by atoms with Crippen LogP contribution in [0.5, 0.6) is 0 Å². The van der Waals surface area contributed by atoms with E-state index in [0.29, 0.717) is 12.1 Å². The van der Waals surface area contributed by atoms with Crippen molar-refractivity contribution in [2.24, 2.45) is 13.0 Å². The first-order valence-corrected chi connectivity index (χ1v) is 10.3. The van der Waals surface area contributed by atoms with E-state index in [1.54, 1.807) is 0 Å². The lowest BCUT2D eigenvalue weighted by atomic mass is 10.00. The summed E-state index contributed by atoms with van der Waals surface area (Å²) in [7, 11) is 4.41. The molecule has 1 saturated carbocycles. The van der Waals surface area contributed by atoms with E-state index in [1.165, 1.54) is 59.6 Å². The zero-order valence-electron chi connectivity index (χ0n) is 17.4. The lowest BCUT2D eigenvalue weighted by Gasteiger charge is -2.26. The van der Waals surface area contributed by atoms with Gasteiger partial charge in [0.05, 0.1) is 7.05 Å². The van der Waals surface area contributed by atoms with E-state index in [-0.39, 0.29) is 0 Å². The zero-order valence-corrected chi connectivity index (χ0v) is 17.4. The summed E-state index contributed by atoms with van der Waals surface area (Å²) in [5.74, 6) is 1.98. The number of aryl methyl sites for hydroxylation is 1. The smallest absolute Gasteiger partial charge is 0.283 e. The highest BCUT2D eigenvalue weighted by Gasteiger charge is 2.41. The molecule has 1 fully saturated rings. The molecule has 1 aliphatic heterocycles. The Kier molecular flexibility index (Phi) is 4.71. The Hall–Kier alpha value is -2.29. The molecule has 2 heterocycles. The standard InChI is InChI=1S/C24H32N3/c1-17-10-8-13-21(18(17)2)22-14-9-15-24(26(22)5)27-19(3)25(4)16-23(27)20-11-6-7-12-20/h8-10,13-16,19-20H,6-7,11-12H2,1-5H3/q+1/t19-/m1/s1. The van der Waals surface area contributed by atoms with Crippen LogP contribution in [0.2, 0.25) is 0 Å². The van der Waals surface area contributed by atoms with Gasteiger partial charge in [0, 0.05) is 30.8 Å². The van der Waals surface area contributed by atoms with E-state index in [1.807, 2.05) is 0 Å². The number of hydrogen-bond donors (Lipinski definition) is 0. The number of aromatic nitrogens is 1. The number of pyridine rings is 1. The van der Waals surface area contributed by atoms with Crippen LogP contribution >= 0.6 is 0 Å². The fourth-order valence-corrected chi connectivity index (χ4v) is 4.74. The summed E-state index contributed by atoms with van der Waals surface area (Å²) in [6.07, 6.45) is 8.10. The van der Waals surface area contributed by atoms with E-state index in [4.69, 9.17) is 0 Å². The van der Waals surface area contributed by atoms with Crippen molar-refractivity contribution in [1.82, 2.24) is 4.90 Å². The van der Waals surface area contributed by atoms with Crippen LogP contribution in [0.25, 0.3) is 11.3 Å². The van der Waals surface area contributed by atoms with Crippen LogP contribution in [0.4, 0.5) is 5.82 Å². The van der Waals surface area contributed by atoms with Crippen LogP contribution in [-0.2, 0) is 7.05 Å². The number of allylic oxidation sites excluding steroid dienone is 1. The minimum absolute atomic E-state index is 0.348. The minimum Gasteiger partial charge on any atom is -0.339 e. The van der Waals surface area contributed by atoms with Gasteiger partial charge in [-0.1, -0.05) is 31.0 Å². The molecule has 2 aromatic rings. The molecular weight excluding hydrogens is 330 g/mol. The molecule has 3 nitrogen and oxygen atoms in total. The maximum atomic E-state index is 2.56. The molecule has 3 heteroatoms. The lowest BCUT2D eigenvalue weighted by Crippen LogP contribution is -2.45. The molecule has 1 atom stereocenters. The molecule has 0 amide bonds. The molecule has 0 spiro atoms. The molecule has 27 heavy (non-hydrogen) atoms. The second-order valence-corrected chi connectivity index (χ2v) is 8.28. The maximum absolute atomic E-state index is 2.56. The zero-order chi connectivity index (χ0) is 19.1. The number of nitrogens with zero attached hydrogens (tertiary/aromatic N) is 3. The Morgan fingerprint density at radius 1 is 1.00 bits per heavy atom. The van der Waals surface area contributed by atoms with Crippen molar-refractivity contribution in [2.75, 3.05) is 11.9 Å². The van der Waals surface area contributed by atoms with Gasteiger partial charge in [-0.15, -0.1) is 0 Å². The number of rotatable bonds is 3. The molecule has 1 aromatic carbocycles. The molecule has 0 bridgehead atoms. The highest BCUT2D eigenvalue weighted by atomic mass is 15.4. The highest BCUT2D eigenvalue weighted by molar-refractivity contribution is 5.64. The van der Waals surface area contributed by atoms with Crippen LogP contribution in [0.1, 0.15) is 43.7 Å². The number of anilines is 1. The molecule has 4 rings (SSSR count). The first-order valence-electron chi connectivity index (χ1n) is 10.3. The second kappa shape index (κ2) is 7.03. The molecule has 0 unspecified atom stereocenters. The first kappa shape index (κ1) is 18.1. The van der Waals surface area contributed by atoms with Crippen molar-refractivity contribution in [3.63, 3.8) is 0 Å². The summed E-state index contributed by atoms with van der Waals surface area (Å²) < 4.78 is 2.38. The summed E-state index contributed by atoms with van der Waals surface area (Å²) in [6, 6.07) is 13.3. The van der Waals surface area contributed by atoms with Gasteiger partial charge in [-0.2, -0.15) is 0 Å². The molecular formula is C24H32N3+. The van der Waals surface area contributed by atoms with Crippen LogP contribution < -0.4 is 9.47 Å². The van der Waals surface area contributed by atoms with Gasteiger partial charge in [-0.3, -0.25) is 0 Å². The second-order valence-electron chi connectivity index (χ2n) is 8.28. The fraction of sp³-hybridized carbons (Fsp3) is 0.458. The van der Waals surface area contributed by atoms with E-state index in [0.717, 1.165) is 0 Å². The van der Waals surface area contributed by atoms with E-state index >= 15 is 0 Å². The molecule has 0 N–H and O–H groups in total. The predicted octanol–water partition coefficient (Wildman–Crippen LogP) is 4.92. The van der Waals surface area contributed by atoms with Crippen molar-refractivity contribution in [3.8, 4) is 11.3 Å². The predicted molar refractivity (Wildman–Crippen MR) is 112 cm³/mol. The van der Waals surface area contributed by atoms with Crippen LogP contribution in [-0.4, -0.2) is 18.1 Å². The van der Waals surface area contributed by atoms with Crippen molar-refractivity contribution < 1.29 is 4.57 Å². The third-order valence-corrected chi connectivity index (χ3v) is 6.68. The Labute approximate surface area is 163 Å². The van der Waals surface area contributed by atoms with Crippen molar-refractivity contribution in [2.45, 2.75) is 52.6 Å².